The number of aromatic nitrogens is 3. The van der Waals surface area contributed by atoms with Crippen LogP contribution in [0.4, 0.5) is 5.82 Å². The molecule has 1 fully saturated rings. The van der Waals surface area contributed by atoms with E-state index < -0.39 is 0 Å². The molecular weight excluding hydrogens is 274 g/mol. The second-order valence-electron chi connectivity index (χ2n) is 6.77. The highest BCUT2D eigenvalue weighted by Crippen LogP contribution is 2.21. The molecule has 0 radical (unpaired) electrons. The Morgan fingerprint density at radius 2 is 2.18 bits per heavy atom. The van der Waals surface area contributed by atoms with E-state index in [9.17, 15) is 0 Å². The van der Waals surface area contributed by atoms with Gasteiger partial charge in [0.05, 0.1) is 5.69 Å². The smallest absolute Gasteiger partial charge is 0.157 e. The molecule has 0 aliphatic carbocycles. The van der Waals surface area contributed by atoms with Crippen molar-refractivity contribution in [2.75, 3.05) is 25.5 Å². The zero-order valence-corrected chi connectivity index (χ0v) is 14.1. The lowest BCUT2D eigenvalue weighted by Crippen LogP contribution is -2.27. The van der Waals surface area contributed by atoms with Gasteiger partial charge < -0.3 is 10.2 Å². The summed E-state index contributed by atoms with van der Waals surface area (Å²) in [5, 5.41) is 8.14. The maximum absolute atomic E-state index is 4.71. The number of anilines is 1. The van der Waals surface area contributed by atoms with Crippen molar-refractivity contribution in [1.29, 1.82) is 0 Å². The van der Waals surface area contributed by atoms with Crippen LogP contribution in [0.1, 0.15) is 50.4 Å². The molecule has 0 saturated carbocycles. The Morgan fingerprint density at radius 3 is 2.86 bits per heavy atom. The number of hydrogen-bond donors (Lipinski definition) is 1. The van der Waals surface area contributed by atoms with Gasteiger partial charge in [-0.05, 0) is 45.7 Å². The van der Waals surface area contributed by atoms with E-state index in [1.54, 1.807) is 0 Å². The molecule has 2 aromatic rings. The maximum atomic E-state index is 4.71. The number of nitrogens with zero attached hydrogens (tertiary/aromatic N) is 4. The minimum Gasteiger partial charge on any atom is -0.370 e. The van der Waals surface area contributed by atoms with E-state index in [-0.39, 0.29) is 0 Å². The quantitative estimate of drug-likeness (QED) is 0.922. The predicted molar refractivity (Wildman–Crippen MR) is 90.6 cm³/mol. The van der Waals surface area contributed by atoms with Crippen molar-refractivity contribution in [3.8, 4) is 0 Å². The van der Waals surface area contributed by atoms with E-state index in [2.05, 4.69) is 42.3 Å². The summed E-state index contributed by atoms with van der Waals surface area (Å²) in [7, 11) is 2.23. The number of rotatable bonds is 5. The molecular formula is C17H27N5. The highest BCUT2D eigenvalue weighted by molar-refractivity contribution is 5.50. The molecule has 1 aliphatic heterocycles. The zero-order valence-electron chi connectivity index (χ0n) is 14.1. The molecule has 0 aromatic carbocycles. The third-order valence-electron chi connectivity index (χ3n) is 4.62. The van der Waals surface area contributed by atoms with Crippen LogP contribution in [0.25, 0.3) is 5.65 Å². The number of nitrogens with one attached hydrogen (secondary N) is 1. The maximum Gasteiger partial charge on any atom is 0.157 e. The summed E-state index contributed by atoms with van der Waals surface area (Å²) in [5.74, 6) is 1.48. The van der Waals surface area contributed by atoms with Crippen LogP contribution in [-0.2, 0) is 0 Å². The number of likely N-dealkylation sites (tertiary alicyclic amines) is 1. The average molecular weight is 301 g/mol. The summed E-state index contributed by atoms with van der Waals surface area (Å²) in [6.07, 6.45) is 3.83. The topological polar surface area (TPSA) is 45.5 Å². The van der Waals surface area contributed by atoms with Gasteiger partial charge in [0.25, 0.3) is 0 Å². The van der Waals surface area contributed by atoms with E-state index in [1.807, 2.05) is 17.5 Å². The summed E-state index contributed by atoms with van der Waals surface area (Å²) >= 11 is 0. The fraction of sp³-hybridized carbons (Fsp3) is 0.647. The van der Waals surface area contributed by atoms with E-state index in [1.165, 1.54) is 25.8 Å². The van der Waals surface area contributed by atoms with Crippen molar-refractivity contribution in [3.05, 3.63) is 23.5 Å². The third-order valence-corrected chi connectivity index (χ3v) is 4.62. The molecule has 3 heterocycles. The first-order valence-corrected chi connectivity index (χ1v) is 8.36. The van der Waals surface area contributed by atoms with E-state index >= 15 is 0 Å². The molecule has 0 amide bonds. The van der Waals surface area contributed by atoms with E-state index in [0.29, 0.717) is 12.0 Å². The molecule has 2 aromatic heterocycles. The van der Waals surface area contributed by atoms with Crippen molar-refractivity contribution in [1.82, 2.24) is 19.5 Å². The van der Waals surface area contributed by atoms with Crippen LogP contribution in [0.2, 0.25) is 0 Å². The second-order valence-corrected chi connectivity index (χ2v) is 6.77. The normalized spacial score (nSPS) is 19.4. The Labute approximate surface area is 132 Å². The first-order valence-electron chi connectivity index (χ1n) is 8.36. The second kappa shape index (κ2) is 6.24. The van der Waals surface area contributed by atoms with Crippen LogP contribution in [0.3, 0.4) is 0 Å². The Bertz CT molecular complexity index is 646. The molecule has 0 spiro atoms. The van der Waals surface area contributed by atoms with Crippen molar-refractivity contribution in [2.45, 2.75) is 52.0 Å². The largest absolute Gasteiger partial charge is 0.370 e. The van der Waals surface area contributed by atoms with Gasteiger partial charge in [-0.2, -0.15) is 9.61 Å². The van der Waals surface area contributed by atoms with Crippen LogP contribution >= 0.6 is 0 Å². The van der Waals surface area contributed by atoms with Crippen molar-refractivity contribution < 1.29 is 0 Å². The number of fused-ring (bicyclic) bond motifs is 1. The van der Waals surface area contributed by atoms with Gasteiger partial charge in [-0.25, -0.2) is 4.98 Å². The summed E-state index contributed by atoms with van der Waals surface area (Å²) < 4.78 is 1.93. The lowest BCUT2D eigenvalue weighted by Gasteiger charge is -2.20. The molecule has 1 saturated heterocycles. The summed E-state index contributed by atoms with van der Waals surface area (Å²) in [4.78, 5) is 7.18. The summed E-state index contributed by atoms with van der Waals surface area (Å²) in [5.41, 5.74) is 3.06. The number of hydrogen-bond acceptors (Lipinski definition) is 4. The Hall–Kier alpha value is -1.62. The molecule has 5 nitrogen and oxygen atoms in total. The summed E-state index contributed by atoms with van der Waals surface area (Å²) in [6, 6.07) is 4.90. The average Bonchev–Trinajstić information content (AvgIpc) is 3.03. The van der Waals surface area contributed by atoms with Crippen molar-refractivity contribution >= 4 is 11.5 Å². The monoisotopic (exact) mass is 301 g/mol. The SMILES string of the molecule is Cc1cc2nc(C(C)C)cc(NCC[C@@H]3CCCN3C)n2n1. The van der Waals surface area contributed by atoms with Crippen LogP contribution in [0.15, 0.2) is 12.1 Å². The third kappa shape index (κ3) is 3.09. The molecule has 0 unspecified atom stereocenters. The molecule has 22 heavy (non-hydrogen) atoms. The van der Waals surface area contributed by atoms with Gasteiger partial charge in [-0.1, -0.05) is 13.8 Å². The highest BCUT2D eigenvalue weighted by atomic mass is 15.3. The van der Waals surface area contributed by atoms with Crippen LogP contribution in [-0.4, -0.2) is 45.7 Å². The van der Waals surface area contributed by atoms with Crippen LogP contribution < -0.4 is 5.32 Å². The molecule has 0 bridgehead atoms. The van der Waals surface area contributed by atoms with E-state index in [0.717, 1.165) is 29.4 Å². The fourth-order valence-electron chi connectivity index (χ4n) is 3.24. The minimum atomic E-state index is 0.418. The van der Waals surface area contributed by atoms with E-state index in [4.69, 9.17) is 4.98 Å². The van der Waals surface area contributed by atoms with Gasteiger partial charge in [0.15, 0.2) is 5.65 Å². The molecule has 120 valence electrons. The van der Waals surface area contributed by atoms with Gasteiger partial charge >= 0.3 is 0 Å². The standard InChI is InChI=1S/C17H27N5/c1-12(2)15-11-16(22-17(19-15)10-13(3)20-22)18-8-7-14-6-5-9-21(14)4/h10-12,14,18H,5-9H2,1-4H3/t14-/m0/s1. The highest BCUT2D eigenvalue weighted by Gasteiger charge is 2.20. The lowest BCUT2D eigenvalue weighted by molar-refractivity contribution is 0.301. The van der Waals surface area contributed by atoms with Crippen LogP contribution in [0.5, 0.6) is 0 Å². The molecule has 1 atom stereocenters. The minimum absolute atomic E-state index is 0.418. The Balaban J connectivity index is 1.76. The molecule has 3 rings (SSSR count). The first kappa shape index (κ1) is 15.3. The van der Waals surface area contributed by atoms with Crippen molar-refractivity contribution in [2.24, 2.45) is 0 Å². The summed E-state index contributed by atoms with van der Waals surface area (Å²) in [6.45, 7) is 8.59. The van der Waals surface area contributed by atoms with Gasteiger partial charge in [-0.15, -0.1) is 0 Å². The number of aryl methyl sites for hydroxylation is 1. The Morgan fingerprint density at radius 1 is 1.36 bits per heavy atom. The van der Waals surface area contributed by atoms with Gasteiger partial charge in [0.2, 0.25) is 0 Å². The first-order chi connectivity index (χ1) is 10.5. The molecule has 5 heteroatoms. The fourth-order valence-corrected chi connectivity index (χ4v) is 3.24. The van der Waals surface area contributed by atoms with Gasteiger partial charge in [0.1, 0.15) is 5.82 Å². The van der Waals surface area contributed by atoms with Crippen molar-refractivity contribution in [3.63, 3.8) is 0 Å². The zero-order chi connectivity index (χ0) is 15.7. The van der Waals surface area contributed by atoms with Gasteiger partial charge in [-0.3, -0.25) is 0 Å². The molecule has 1 aliphatic rings. The molecule has 1 N–H and O–H groups in total. The predicted octanol–water partition coefficient (Wildman–Crippen LogP) is 3.06. The Kier molecular flexibility index (Phi) is 4.34. The van der Waals surface area contributed by atoms with Gasteiger partial charge in [0, 0.05) is 30.4 Å². The lowest BCUT2D eigenvalue weighted by atomic mass is 10.1. The van der Waals surface area contributed by atoms with Crippen LogP contribution in [0, 0.1) is 6.92 Å².